The molecule has 3 rings (SSSR count). The van der Waals surface area contributed by atoms with Crippen molar-refractivity contribution in [3.8, 4) is 0 Å². The van der Waals surface area contributed by atoms with E-state index in [1.54, 1.807) is 0 Å². The van der Waals surface area contributed by atoms with Crippen LogP contribution in [0.2, 0.25) is 0 Å². The van der Waals surface area contributed by atoms with Crippen molar-refractivity contribution in [2.45, 2.75) is 38.0 Å². The van der Waals surface area contributed by atoms with Crippen molar-refractivity contribution in [1.82, 2.24) is 15.1 Å². The van der Waals surface area contributed by atoms with E-state index in [0.29, 0.717) is 10.9 Å². The fourth-order valence-electron chi connectivity index (χ4n) is 2.92. The fourth-order valence-corrected chi connectivity index (χ4v) is 4.02. The number of rotatable bonds is 2. The Morgan fingerprint density at radius 2 is 1.95 bits per heavy atom. The van der Waals surface area contributed by atoms with Crippen molar-refractivity contribution in [1.29, 1.82) is 0 Å². The molecule has 1 aromatic rings. The van der Waals surface area contributed by atoms with Crippen molar-refractivity contribution in [3.63, 3.8) is 0 Å². The highest BCUT2D eigenvalue weighted by Gasteiger charge is 2.30. The number of hydrogen-bond acceptors (Lipinski definition) is 5. The molecule has 0 aromatic carbocycles. The Morgan fingerprint density at radius 1 is 1.19 bits per heavy atom. The summed E-state index contributed by atoms with van der Waals surface area (Å²) in [4.78, 5) is 16.7. The Kier molecular flexibility index (Phi) is 4.33. The summed E-state index contributed by atoms with van der Waals surface area (Å²) in [6.07, 6.45) is 2.42. The molecule has 0 aliphatic carbocycles. The maximum absolute atomic E-state index is 12.6. The summed E-state index contributed by atoms with van der Waals surface area (Å²) in [6.45, 7) is 7.17. The molecule has 6 heteroatoms. The van der Waals surface area contributed by atoms with E-state index in [2.05, 4.69) is 28.9 Å². The van der Waals surface area contributed by atoms with Gasteiger partial charge in [0.05, 0.1) is 0 Å². The Bertz CT molecular complexity index is 501. The summed E-state index contributed by atoms with van der Waals surface area (Å²) in [5, 5.41) is 8.88. The average molecular weight is 306 g/mol. The van der Waals surface area contributed by atoms with Gasteiger partial charge in [0.1, 0.15) is 0 Å². The van der Waals surface area contributed by atoms with Gasteiger partial charge in [0.15, 0.2) is 11.5 Å². The van der Waals surface area contributed by atoms with Gasteiger partial charge in [0.25, 0.3) is 5.91 Å². The lowest BCUT2D eigenvalue weighted by Gasteiger charge is -2.37. The third-order valence-electron chi connectivity index (χ3n) is 4.44. The second kappa shape index (κ2) is 6.22. The van der Waals surface area contributed by atoms with Gasteiger partial charge < -0.3 is 9.80 Å². The first kappa shape index (κ1) is 14.6. The monoisotopic (exact) mass is 306 g/mol. The molecule has 2 aliphatic heterocycles. The predicted molar refractivity (Wildman–Crippen MR) is 85.9 cm³/mol. The maximum Gasteiger partial charge on any atom is 0.274 e. The molecule has 0 spiro atoms. The number of hydrogen-bond donors (Lipinski definition) is 0. The van der Waals surface area contributed by atoms with Crippen molar-refractivity contribution in [2.24, 2.45) is 0 Å². The summed E-state index contributed by atoms with van der Waals surface area (Å²) in [7, 11) is 0. The molecule has 1 aromatic heterocycles. The zero-order valence-electron chi connectivity index (χ0n) is 12.7. The van der Waals surface area contributed by atoms with Gasteiger partial charge in [-0.15, -0.1) is 10.2 Å². The summed E-state index contributed by atoms with van der Waals surface area (Å²) in [6, 6.07) is 4.00. The Hall–Kier alpha value is -1.30. The van der Waals surface area contributed by atoms with Gasteiger partial charge in [-0.25, -0.2) is 0 Å². The van der Waals surface area contributed by atoms with Crippen molar-refractivity contribution >= 4 is 23.5 Å². The highest BCUT2D eigenvalue weighted by Crippen LogP contribution is 2.25. The number of anilines is 1. The molecule has 2 saturated heterocycles. The normalized spacial score (nSPS) is 26.2. The molecule has 2 fully saturated rings. The molecule has 114 valence electrons. The molecule has 2 atom stereocenters. The zero-order chi connectivity index (χ0) is 14.8. The van der Waals surface area contributed by atoms with E-state index in [4.69, 9.17) is 0 Å². The van der Waals surface area contributed by atoms with Crippen molar-refractivity contribution in [3.05, 3.63) is 17.8 Å². The zero-order valence-corrected chi connectivity index (χ0v) is 13.5. The van der Waals surface area contributed by atoms with E-state index >= 15 is 0 Å². The van der Waals surface area contributed by atoms with E-state index in [1.165, 1.54) is 12.8 Å². The van der Waals surface area contributed by atoms with E-state index in [-0.39, 0.29) is 11.9 Å². The number of thioether (sulfide) groups is 1. The predicted octanol–water partition coefficient (Wildman–Crippen LogP) is 2.04. The minimum atomic E-state index is 0.00937. The first-order valence-corrected chi connectivity index (χ1v) is 8.73. The van der Waals surface area contributed by atoms with Crippen LogP contribution >= 0.6 is 11.8 Å². The van der Waals surface area contributed by atoms with Crippen LogP contribution < -0.4 is 4.90 Å². The van der Waals surface area contributed by atoms with Gasteiger partial charge in [-0.1, -0.05) is 6.92 Å². The van der Waals surface area contributed by atoms with Gasteiger partial charge >= 0.3 is 0 Å². The number of carbonyl (C=O) groups excluding carboxylic acids is 1. The number of nitrogens with zero attached hydrogens (tertiary/aromatic N) is 4. The summed E-state index contributed by atoms with van der Waals surface area (Å²) in [5.74, 6) is 1.89. The lowest BCUT2D eigenvalue weighted by Crippen LogP contribution is -2.48. The molecule has 0 N–H and O–H groups in total. The molecule has 0 unspecified atom stereocenters. The third-order valence-corrected chi connectivity index (χ3v) is 5.78. The van der Waals surface area contributed by atoms with Crippen LogP contribution in [0.5, 0.6) is 0 Å². The highest BCUT2D eigenvalue weighted by atomic mass is 32.2. The highest BCUT2D eigenvalue weighted by molar-refractivity contribution is 8.00. The van der Waals surface area contributed by atoms with Crippen molar-refractivity contribution in [2.75, 3.05) is 30.3 Å². The van der Waals surface area contributed by atoms with Crippen LogP contribution in [0.4, 0.5) is 5.82 Å². The molecule has 21 heavy (non-hydrogen) atoms. The van der Waals surface area contributed by atoms with Gasteiger partial charge in [0.2, 0.25) is 0 Å². The lowest BCUT2D eigenvalue weighted by molar-refractivity contribution is 0.0691. The van der Waals surface area contributed by atoms with Crippen LogP contribution in [-0.2, 0) is 0 Å². The average Bonchev–Trinajstić information content (AvgIpc) is 3.04. The number of amides is 1. The molecule has 5 nitrogen and oxygen atoms in total. The molecular formula is C15H22N4OS. The SMILES string of the molecule is C[C@@H]1SCCN(C(=O)c2ccc(N3CCCC3)nn2)[C@H]1C. The number of carbonyl (C=O) groups is 1. The molecule has 0 radical (unpaired) electrons. The minimum absolute atomic E-state index is 0.00937. The lowest BCUT2D eigenvalue weighted by atomic mass is 10.2. The number of aromatic nitrogens is 2. The quantitative estimate of drug-likeness (QED) is 0.837. The smallest absolute Gasteiger partial charge is 0.274 e. The summed E-state index contributed by atoms with van der Waals surface area (Å²) < 4.78 is 0. The van der Waals surface area contributed by atoms with Gasteiger partial charge in [0, 0.05) is 36.7 Å². The van der Waals surface area contributed by atoms with Crippen molar-refractivity contribution < 1.29 is 4.79 Å². The third kappa shape index (κ3) is 3.00. The molecule has 0 bridgehead atoms. The molecular weight excluding hydrogens is 284 g/mol. The largest absolute Gasteiger partial charge is 0.355 e. The Labute approximate surface area is 130 Å². The van der Waals surface area contributed by atoms with Crippen LogP contribution in [0, 0.1) is 0 Å². The Balaban J connectivity index is 1.72. The minimum Gasteiger partial charge on any atom is -0.355 e. The Morgan fingerprint density at radius 3 is 2.62 bits per heavy atom. The summed E-state index contributed by atoms with van der Waals surface area (Å²) in [5.41, 5.74) is 0.462. The molecule has 2 aliphatic rings. The van der Waals surface area contributed by atoms with E-state index in [9.17, 15) is 4.79 Å². The molecule has 1 amide bonds. The fraction of sp³-hybridized carbons (Fsp3) is 0.667. The van der Waals surface area contributed by atoms with Crippen LogP contribution in [0.3, 0.4) is 0 Å². The van der Waals surface area contributed by atoms with Gasteiger partial charge in [-0.3, -0.25) is 4.79 Å². The van der Waals surface area contributed by atoms with Gasteiger partial charge in [-0.05, 0) is 31.9 Å². The topological polar surface area (TPSA) is 49.3 Å². The first-order valence-electron chi connectivity index (χ1n) is 7.68. The van der Waals surface area contributed by atoms with Crippen LogP contribution in [0.1, 0.15) is 37.2 Å². The first-order chi connectivity index (χ1) is 10.2. The van der Waals surface area contributed by atoms with Gasteiger partial charge in [-0.2, -0.15) is 11.8 Å². The van der Waals surface area contributed by atoms with Crippen LogP contribution in [0.15, 0.2) is 12.1 Å². The maximum atomic E-state index is 12.6. The second-order valence-corrected chi connectivity index (χ2v) is 7.27. The standard InChI is InChI=1S/C15H22N4OS/c1-11-12(2)21-10-9-19(11)15(20)13-5-6-14(17-16-13)18-7-3-4-8-18/h5-6,11-12H,3-4,7-10H2,1-2H3/t11-,12-/m0/s1. The van der Waals surface area contributed by atoms with Crippen LogP contribution in [-0.4, -0.2) is 57.7 Å². The van der Waals surface area contributed by atoms with E-state index in [1.807, 2.05) is 28.8 Å². The van der Waals surface area contributed by atoms with E-state index in [0.717, 1.165) is 31.2 Å². The van der Waals surface area contributed by atoms with Crippen LogP contribution in [0.25, 0.3) is 0 Å². The summed E-state index contributed by atoms with van der Waals surface area (Å²) >= 11 is 1.93. The molecule has 0 saturated carbocycles. The molecule has 3 heterocycles. The van der Waals surface area contributed by atoms with E-state index < -0.39 is 0 Å². The second-order valence-electron chi connectivity index (χ2n) is 5.79.